The molecule has 1 aromatic heterocycles. The minimum atomic E-state index is -2.22. The molecule has 4 aromatic carbocycles. The predicted octanol–water partition coefficient (Wildman–Crippen LogP) is 10.2. The maximum atomic E-state index is 8.45. The van der Waals surface area contributed by atoms with E-state index in [9.17, 15) is 0 Å². The first-order valence-electron chi connectivity index (χ1n) is 16.9. The number of quaternary nitrogens is 2. The fraction of sp³-hybridized carbons (Fsp3) is 0.250. The van der Waals surface area contributed by atoms with E-state index in [4.69, 9.17) is 13.8 Å². The van der Waals surface area contributed by atoms with E-state index in [0.717, 1.165) is 39.8 Å². The fourth-order valence-electron chi connectivity index (χ4n) is 6.31. The van der Waals surface area contributed by atoms with Gasteiger partial charge in [-0.05, 0) is 46.2 Å². The third-order valence-corrected chi connectivity index (χ3v) is 8.79. The van der Waals surface area contributed by atoms with E-state index in [1.807, 2.05) is 73.5 Å². The Kier molecular flexibility index (Phi) is 7.11. The number of nitrogens with zero attached hydrogens (tertiary/aromatic N) is 4. The molecular weight excluding hydrogens is 748 g/mol. The normalized spacial score (nSPS) is 21.1. The van der Waals surface area contributed by atoms with Crippen molar-refractivity contribution in [3.05, 3.63) is 133 Å². The number of rotatable bonds is 6. The second-order valence-corrected chi connectivity index (χ2v) is 14.2. The molecule has 5 nitrogen and oxygen atoms in total. The van der Waals surface area contributed by atoms with Gasteiger partial charge in [0.1, 0.15) is 5.82 Å². The molecule has 6 heteroatoms. The summed E-state index contributed by atoms with van der Waals surface area (Å²) in [4.78, 5) is 6.84. The number of aromatic nitrogens is 1. The Morgan fingerprint density at radius 1 is 0.783 bits per heavy atom. The average molecular weight is 792 g/mol. The standard InChI is InChI=1S/C40H41N4O.Pt/c1-39(2,3)29-19-20-36-37(23-29)44(27-43(36,7)28-44)33-16-12-18-35(26-33)45-34-17-11-15-32(25-34)42(31-13-9-8-10-14-31)38-24-30(21-22-41-38)40(4,5)6;/h8-24,27H,28H2,1-7H3;/q-1;/t43-,44+;/m0./s1/i7D3;. The van der Waals surface area contributed by atoms with Crippen molar-refractivity contribution in [3.63, 3.8) is 0 Å². The first-order chi connectivity index (χ1) is 22.6. The molecule has 8 rings (SSSR count). The van der Waals surface area contributed by atoms with E-state index in [1.165, 1.54) is 5.56 Å². The Morgan fingerprint density at radius 2 is 1.46 bits per heavy atom. The molecule has 0 saturated carbocycles. The largest absolute Gasteiger partial charge is 0.509 e. The van der Waals surface area contributed by atoms with Crippen LogP contribution in [0.15, 0.2) is 103 Å². The fourth-order valence-corrected chi connectivity index (χ4v) is 6.31. The summed E-state index contributed by atoms with van der Waals surface area (Å²) >= 11 is 0. The van der Waals surface area contributed by atoms with Gasteiger partial charge in [-0.2, -0.15) is 12.1 Å². The van der Waals surface area contributed by atoms with Crippen molar-refractivity contribution in [3.8, 4) is 11.5 Å². The zero-order valence-corrected chi connectivity index (χ0v) is 29.4. The summed E-state index contributed by atoms with van der Waals surface area (Å²) in [6.07, 6.45) is 1.85. The maximum Gasteiger partial charge on any atom is 0.179 e. The maximum absolute atomic E-state index is 8.45. The molecule has 0 spiro atoms. The zero-order valence-electron chi connectivity index (χ0n) is 30.1. The van der Waals surface area contributed by atoms with Gasteiger partial charge in [0.15, 0.2) is 18.0 Å². The zero-order chi connectivity index (χ0) is 34.1. The van der Waals surface area contributed by atoms with Gasteiger partial charge in [-0.1, -0.05) is 77.6 Å². The molecule has 3 aliphatic rings. The molecule has 2 atom stereocenters. The Bertz CT molecular complexity index is 1990. The third-order valence-electron chi connectivity index (χ3n) is 8.79. The Hall–Kier alpha value is -3.76. The molecule has 1 saturated heterocycles. The van der Waals surface area contributed by atoms with Crippen LogP contribution in [-0.4, -0.2) is 18.6 Å². The van der Waals surface area contributed by atoms with Crippen molar-refractivity contribution in [1.29, 1.82) is 0 Å². The first kappa shape index (κ1) is 28.5. The molecule has 0 unspecified atom stereocenters. The summed E-state index contributed by atoms with van der Waals surface area (Å²) in [5, 5.41) is 0. The third kappa shape index (κ3) is 5.59. The average Bonchev–Trinajstić information content (AvgIpc) is 3.48. The second-order valence-electron chi connectivity index (χ2n) is 14.2. The second kappa shape index (κ2) is 11.5. The molecule has 5 aromatic rings. The summed E-state index contributed by atoms with van der Waals surface area (Å²) < 4.78 is 31.9. The van der Waals surface area contributed by atoms with Gasteiger partial charge in [0, 0.05) is 62.3 Å². The number of ether oxygens (including phenoxy) is 1. The molecular formula is C40H41N4OPt-. The number of para-hydroxylation sites is 1. The Balaban J connectivity index is 0.00000417. The van der Waals surface area contributed by atoms with Crippen LogP contribution in [0.1, 0.15) is 56.8 Å². The van der Waals surface area contributed by atoms with Gasteiger partial charge in [0.05, 0.1) is 17.8 Å². The Labute approximate surface area is 292 Å². The summed E-state index contributed by atoms with van der Waals surface area (Å²) in [6.45, 7) is 13.2. The van der Waals surface area contributed by atoms with Crippen LogP contribution in [0.3, 0.4) is 0 Å². The van der Waals surface area contributed by atoms with Crippen molar-refractivity contribution < 1.29 is 29.9 Å². The van der Waals surface area contributed by atoms with Gasteiger partial charge in [-0.25, -0.2) is 4.98 Å². The molecule has 46 heavy (non-hydrogen) atoms. The smallest absolute Gasteiger partial charge is 0.179 e. The summed E-state index contributed by atoms with van der Waals surface area (Å²) in [6, 6.07) is 39.2. The molecule has 0 N–H and O–H groups in total. The van der Waals surface area contributed by atoms with Gasteiger partial charge < -0.3 is 18.6 Å². The minimum Gasteiger partial charge on any atom is -0.509 e. The van der Waals surface area contributed by atoms with Crippen LogP contribution in [0, 0.1) is 18.8 Å². The number of anilines is 3. The van der Waals surface area contributed by atoms with E-state index in [0.29, 0.717) is 22.7 Å². The van der Waals surface area contributed by atoms with E-state index < -0.39 is 6.98 Å². The summed E-state index contributed by atoms with van der Waals surface area (Å²) in [7, 11) is 0. The molecule has 238 valence electrons. The van der Waals surface area contributed by atoms with Crippen LogP contribution in [0.5, 0.6) is 11.5 Å². The molecule has 1 fully saturated rings. The molecule has 0 amide bonds. The quantitative estimate of drug-likeness (QED) is 0.127. The topological polar surface area (TPSA) is 25.4 Å². The van der Waals surface area contributed by atoms with Crippen LogP contribution in [0.4, 0.5) is 34.3 Å². The number of pyridine rings is 1. The Morgan fingerprint density at radius 3 is 2.15 bits per heavy atom. The van der Waals surface area contributed by atoms with E-state index in [-0.39, 0.29) is 36.4 Å². The molecule has 3 aliphatic heterocycles. The monoisotopic (exact) mass is 791 g/mol. The van der Waals surface area contributed by atoms with Crippen molar-refractivity contribution in [2.24, 2.45) is 0 Å². The van der Waals surface area contributed by atoms with Gasteiger partial charge in [-0.15, -0.1) is 30.3 Å². The number of hydrogen-bond acceptors (Lipinski definition) is 3. The summed E-state index contributed by atoms with van der Waals surface area (Å²) in [5.74, 6) is 1.85. The minimum absolute atomic E-state index is 0. The van der Waals surface area contributed by atoms with Crippen molar-refractivity contribution in [2.75, 3.05) is 18.5 Å². The van der Waals surface area contributed by atoms with E-state index in [1.54, 1.807) is 0 Å². The number of benzene rings is 4. The van der Waals surface area contributed by atoms with Crippen molar-refractivity contribution in [2.45, 2.75) is 52.4 Å². The van der Waals surface area contributed by atoms with Gasteiger partial charge in [0.25, 0.3) is 0 Å². The molecule has 0 aliphatic carbocycles. The van der Waals surface area contributed by atoms with Crippen LogP contribution in [-0.2, 0) is 31.9 Å². The van der Waals surface area contributed by atoms with Crippen LogP contribution in [0.2, 0.25) is 0 Å². The van der Waals surface area contributed by atoms with Crippen molar-refractivity contribution in [1.82, 2.24) is 14.0 Å². The predicted molar refractivity (Wildman–Crippen MR) is 185 cm³/mol. The van der Waals surface area contributed by atoms with Crippen molar-refractivity contribution >= 4 is 34.3 Å². The molecule has 0 radical (unpaired) electrons. The van der Waals surface area contributed by atoms with Gasteiger partial charge in [-0.3, -0.25) is 0 Å². The van der Waals surface area contributed by atoms with Gasteiger partial charge >= 0.3 is 0 Å². The van der Waals surface area contributed by atoms with E-state index in [2.05, 4.69) is 95.0 Å². The van der Waals surface area contributed by atoms with Gasteiger partial charge in [0.2, 0.25) is 0 Å². The number of hydrogen-bond donors (Lipinski definition) is 0. The van der Waals surface area contributed by atoms with Crippen LogP contribution in [0.25, 0.3) is 0 Å². The first-order valence-corrected chi connectivity index (χ1v) is 15.4. The van der Waals surface area contributed by atoms with Crippen LogP contribution >= 0.6 is 0 Å². The summed E-state index contributed by atoms with van der Waals surface area (Å²) in [5.41, 5.74) is 6.59. The van der Waals surface area contributed by atoms with Crippen LogP contribution < -0.4 is 18.6 Å². The molecule has 4 heterocycles. The SMILES string of the molecule is [2H]C([2H])([2H])[N@+]12[CH-][N@+](c3[c-]c(Oc4[c-]c(N(c5ccccc5)c5cc(C(C)(C)C)ccn5)ccc4)ccc3)(C1)c1cc(C(C)(C)C)ccc12.[Pt]. The van der Waals surface area contributed by atoms with E-state index >= 15 is 0 Å². The molecule has 2 bridgehead atoms.